The molecule has 0 bridgehead atoms. The quantitative estimate of drug-likeness (QED) is 0.387. The number of alkyl halides is 3. The van der Waals surface area contributed by atoms with Crippen LogP contribution in [0, 0.1) is 11.8 Å². The summed E-state index contributed by atoms with van der Waals surface area (Å²) in [6.07, 6.45) is 0.458. The molecule has 41 heavy (non-hydrogen) atoms. The number of amides is 4. The molecule has 224 valence electrons. The number of nitrogens with one attached hydrogen (secondary N) is 3. The van der Waals surface area contributed by atoms with Gasteiger partial charge < -0.3 is 25.6 Å². The first-order valence-electron chi connectivity index (χ1n) is 13.5. The van der Waals surface area contributed by atoms with E-state index >= 15 is 0 Å². The zero-order valence-corrected chi connectivity index (χ0v) is 23.0. The Balaban J connectivity index is 1.54. The highest BCUT2D eigenvalue weighted by molar-refractivity contribution is 6.00. The summed E-state index contributed by atoms with van der Waals surface area (Å²) in [5.41, 5.74) is 0.803. The highest BCUT2D eigenvalue weighted by atomic mass is 19.4. The zero-order valence-electron chi connectivity index (χ0n) is 23.0. The van der Waals surface area contributed by atoms with Crippen LogP contribution in [0.5, 0.6) is 0 Å². The van der Waals surface area contributed by atoms with Gasteiger partial charge in [0.2, 0.25) is 5.91 Å². The monoisotopic (exact) mass is 581 g/mol. The van der Waals surface area contributed by atoms with Crippen molar-refractivity contribution in [1.29, 1.82) is 0 Å². The molecular formula is C26H34F3N7O5. The molecule has 12 nitrogen and oxygen atoms in total. The molecule has 0 aromatic carbocycles. The first-order valence-corrected chi connectivity index (χ1v) is 13.5. The summed E-state index contributed by atoms with van der Waals surface area (Å²) in [6, 6.07) is -1.64. The van der Waals surface area contributed by atoms with Crippen molar-refractivity contribution >= 4 is 23.7 Å². The van der Waals surface area contributed by atoms with Gasteiger partial charge in [-0.2, -0.15) is 13.2 Å². The smallest absolute Gasteiger partial charge is 0.382 e. The second kappa shape index (κ2) is 12.8. The van der Waals surface area contributed by atoms with Gasteiger partial charge in [0.05, 0.1) is 19.2 Å². The molecule has 1 saturated carbocycles. The molecule has 2 aromatic heterocycles. The fourth-order valence-corrected chi connectivity index (χ4v) is 5.30. The molecule has 1 aliphatic heterocycles. The van der Waals surface area contributed by atoms with Crippen LogP contribution in [0.25, 0.3) is 0 Å². The fraction of sp³-hybridized carbons (Fsp3) is 0.615. The lowest BCUT2D eigenvalue weighted by Gasteiger charge is -2.32. The summed E-state index contributed by atoms with van der Waals surface area (Å²) < 4.78 is 49.7. The average Bonchev–Trinajstić information content (AvgIpc) is 3.57. The minimum absolute atomic E-state index is 0.0121. The molecule has 2 aliphatic rings. The number of nitrogens with zero attached hydrogens (tertiary/aromatic N) is 4. The number of methoxy groups -OCH3 is 1. The van der Waals surface area contributed by atoms with Gasteiger partial charge in [-0.3, -0.25) is 9.59 Å². The Morgan fingerprint density at radius 3 is 2.61 bits per heavy atom. The van der Waals surface area contributed by atoms with Crippen LogP contribution in [0.15, 0.2) is 23.0 Å². The lowest BCUT2D eigenvalue weighted by Crippen LogP contribution is -2.49. The normalized spacial score (nSPS) is 22.6. The van der Waals surface area contributed by atoms with Crippen molar-refractivity contribution in [3.05, 3.63) is 35.3 Å². The van der Waals surface area contributed by atoms with Crippen molar-refractivity contribution < 1.29 is 36.9 Å². The van der Waals surface area contributed by atoms with E-state index in [1.165, 1.54) is 19.4 Å². The molecule has 1 unspecified atom stereocenters. The van der Waals surface area contributed by atoms with Crippen molar-refractivity contribution in [2.24, 2.45) is 11.8 Å². The standard InChI is InChI=1S/C26H34F3N7O5/c1-4-17-22(35-41-34-17)24(38)33-21(15-7-5-14(2)6-8-15)23(37)32-20-11-16(9-10-30-20)18(13-40-3)36-12-19(26(27,28)29)31-25(36)39/h9-11,14-15,18-19,21H,4-8,12-13H2,1-3H3,(H,31,39)(H,33,38)(H,30,32,37)/t14?,15?,18?,19-,21-/m0/s1. The summed E-state index contributed by atoms with van der Waals surface area (Å²) in [6.45, 7) is 3.26. The average molecular weight is 582 g/mol. The van der Waals surface area contributed by atoms with Crippen molar-refractivity contribution in [3.63, 3.8) is 0 Å². The van der Waals surface area contributed by atoms with E-state index in [1.54, 1.807) is 13.0 Å². The molecule has 4 amide bonds. The Morgan fingerprint density at radius 2 is 1.98 bits per heavy atom. The topological polar surface area (TPSA) is 152 Å². The van der Waals surface area contributed by atoms with Crippen molar-refractivity contribution in [2.75, 3.05) is 25.6 Å². The van der Waals surface area contributed by atoms with E-state index in [0.29, 0.717) is 23.6 Å². The molecule has 4 rings (SSSR count). The molecule has 2 aromatic rings. The van der Waals surface area contributed by atoms with E-state index in [9.17, 15) is 27.6 Å². The van der Waals surface area contributed by atoms with E-state index < -0.39 is 48.7 Å². The molecule has 1 saturated heterocycles. The number of pyridine rings is 1. The molecule has 0 spiro atoms. The largest absolute Gasteiger partial charge is 0.410 e. The Labute approximate surface area is 234 Å². The first-order chi connectivity index (χ1) is 19.5. The lowest BCUT2D eigenvalue weighted by molar-refractivity contribution is -0.150. The number of ether oxygens (including phenoxy) is 1. The number of carbonyl (C=O) groups excluding carboxylic acids is 3. The molecule has 3 atom stereocenters. The van der Waals surface area contributed by atoms with Gasteiger partial charge in [-0.1, -0.05) is 31.8 Å². The lowest BCUT2D eigenvalue weighted by atomic mass is 9.79. The predicted molar refractivity (Wildman–Crippen MR) is 139 cm³/mol. The van der Waals surface area contributed by atoms with Crippen LogP contribution < -0.4 is 16.0 Å². The molecular weight excluding hydrogens is 547 g/mol. The minimum atomic E-state index is -4.60. The van der Waals surface area contributed by atoms with E-state index in [4.69, 9.17) is 9.37 Å². The molecule has 1 aliphatic carbocycles. The highest BCUT2D eigenvalue weighted by Gasteiger charge is 2.48. The van der Waals surface area contributed by atoms with Crippen molar-refractivity contribution in [2.45, 2.75) is 70.3 Å². The summed E-state index contributed by atoms with van der Waals surface area (Å²) in [7, 11) is 1.37. The molecule has 2 fully saturated rings. The van der Waals surface area contributed by atoms with Crippen LogP contribution in [-0.4, -0.2) is 76.6 Å². The van der Waals surface area contributed by atoms with Crippen LogP contribution in [0.3, 0.4) is 0 Å². The van der Waals surface area contributed by atoms with Crippen LogP contribution in [0.2, 0.25) is 0 Å². The van der Waals surface area contributed by atoms with Gasteiger partial charge in [0.25, 0.3) is 5.91 Å². The summed E-state index contributed by atoms with van der Waals surface area (Å²) in [5, 5.41) is 14.9. The number of aromatic nitrogens is 3. The van der Waals surface area contributed by atoms with Gasteiger partial charge in [0.1, 0.15) is 23.6 Å². The third kappa shape index (κ3) is 7.13. The second-order valence-corrected chi connectivity index (χ2v) is 10.5. The number of rotatable bonds is 10. The van der Waals surface area contributed by atoms with Crippen molar-refractivity contribution in [1.82, 2.24) is 30.8 Å². The third-order valence-corrected chi connectivity index (χ3v) is 7.66. The van der Waals surface area contributed by atoms with Gasteiger partial charge in [-0.05, 0) is 54.0 Å². The Morgan fingerprint density at radius 1 is 1.24 bits per heavy atom. The molecule has 3 N–H and O–H groups in total. The number of halogens is 3. The second-order valence-electron chi connectivity index (χ2n) is 10.5. The van der Waals surface area contributed by atoms with Crippen molar-refractivity contribution in [3.8, 4) is 0 Å². The van der Waals surface area contributed by atoms with E-state index in [-0.39, 0.29) is 24.0 Å². The molecule has 15 heteroatoms. The number of carbonyl (C=O) groups is 3. The molecule has 0 radical (unpaired) electrons. The highest BCUT2D eigenvalue weighted by Crippen LogP contribution is 2.32. The van der Waals surface area contributed by atoms with Crippen LogP contribution >= 0.6 is 0 Å². The van der Waals surface area contributed by atoms with Gasteiger partial charge in [0, 0.05) is 13.3 Å². The summed E-state index contributed by atoms with van der Waals surface area (Å²) in [4.78, 5) is 44.3. The van der Waals surface area contributed by atoms with E-state index in [1.807, 2.05) is 5.32 Å². The first kappa shape index (κ1) is 30.2. The van der Waals surface area contributed by atoms with Gasteiger partial charge in [-0.15, -0.1) is 0 Å². The van der Waals surface area contributed by atoms with Crippen LogP contribution in [-0.2, 0) is 16.0 Å². The summed E-state index contributed by atoms with van der Waals surface area (Å²) in [5.74, 6) is -0.606. The minimum Gasteiger partial charge on any atom is -0.382 e. The Kier molecular flexibility index (Phi) is 9.46. The predicted octanol–water partition coefficient (Wildman–Crippen LogP) is 3.23. The van der Waals surface area contributed by atoms with Crippen LogP contribution in [0.4, 0.5) is 23.8 Å². The Hall–Kier alpha value is -3.75. The maximum absolute atomic E-state index is 13.6. The number of hydrogen-bond donors (Lipinski definition) is 3. The fourth-order valence-electron chi connectivity index (χ4n) is 5.30. The zero-order chi connectivity index (χ0) is 29.7. The van der Waals surface area contributed by atoms with E-state index in [0.717, 1.165) is 30.6 Å². The maximum atomic E-state index is 13.6. The molecule has 3 heterocycles. The van der Waals surface area contributed by atoms with Gasteiger partial charge in [0.15, 0.2) is 5.69 Å². The van der Waals surface area contributed by atoms with Crippen LogP contribution in [0.1, 0.15) is 67.3 Å². The maximum Gasteiger partial charge on any atom is 0.410 e. The summed E-state index contributed by atoms with van der Waals surface area (Å²) >= 11 is 0. The van der Waals surface area contributed by atoms with Gasteiger partial charge >= 0.3 is 12.2 Å². The number of hydrogen-bond acceptors (Lipinski definition) is 8. The third-order valence-electron chi connectivity index (χ3n) is 7.66. The number of anilines is 1. The SMILES string of the molecule is CCc1nonc1C(=O)N[C@H](C(=O)Nc1cc(C(COC)N2C[C@@H](C(F)(F)F)NC2=O)ccn1)C1CCC(C)CC1. The Bertz CT molecular complexity index is 1230. The number of urea groups is 1. The van der Waals surface area contributed by atoms with Gasteiger partial charge in [-0.25, -0.2) is 14.4 Å². The number of aryl methyl sites for hydroxylation is 1. The van der Waals surface area contributed by atoms with E-state index in [2.05, 4.69) is 32.9 Å².